The Morgan fingerprint density at radius 1 is 1.00 bits per heavy atom. The number of ether oxygens (including phenoxy) is 2. The summed E-state index contributed by atoms with van der Waals surface area (Å²) in [5.74, 6) is 0.931. The normalized spacial score (nSPS) is 10.3. The van der Waals surface area contributed by atoms with Gasteiger partial charge in [-0.05, 0) is 42.5 Å². The minimum Gasteiger partial charge on any atom is -0.493 e. The van der Waals surface area contributed by atoms with Crippen molar-refractivity contribution in [3.05, 3.63) is 77.7 Å². The Kier molecular flexibility index (Phi) is 6.19. The highest BCUT2D eigenvalue weighted by Crippen LogP contribution is 2.31. The lowest BCUT2D eigenvalue weighted by atomic mass is 10.1. The van der Waals surface area contributed by atoms with E-state index in [1.807, 2.05) is 12.1 Å². The molecule has 3 aromatic rings. The molecular formula is C22H22N2O5. The Bertz CT molecular complexity index is 981. The largest absolute Gasteiger partial charge is 0.493 e. The molecule has 0 spiro atoms. The summed E-state index contributed by atoms with van der Waals surface area (Å²) >= 11 is 0. The van der Waals surface area contributed by atoms with Gasteiger partial charge in [-0.15, -0.1) is 0 Å². The quantitative estimate of drug-likeness (QED) is 0.659. The molecule has 1 N–H and O–H groups in total. The van der Waals surface area contributed by atoms with E-state index in [2.05, 4.69) is 5.32 Å². The number of hydrogen-bond donors (Lipinski definition) is 1. The SMILES string of the molecule is COc1cccc(CN(C)C(=O)c2ccc(NC(=O)c3ccco3)cc2)c1OC. The van der Waals surface area contributed by atoms with E-state index in [1.165, 1.54) is 6.26 Å². The smallest absolute Gasteiger partial charge is 0.291 e. The zero-order valence-electron chi connectivity index (χ0n) is 16.5. The van der Waals surface area contributed by atoms with Crippen molar-refractivity contribution in [1.82, 2.24) is 4.90 Å². The zero-order chi connectivity index (χ0) is 20.8. The third-order valence-corrected chi connectivity index (χ3v) is 4.37. The molecule has 0 aliphatic carbocycles. The monoisotopic (exact) mass is 394 g/mol. The average molecular weight is 394 g/mol. The summed E-state index contributed by atoms with van der Waals surface area (Å²) in [6, 6.07) is 15.4. The summed E-state index contributed by atoms with van der Waals surface area (Å²) in [6.07, 6.45) is 1.43. The van der Waals surface area contributed by atoms with E-state index >= 15 is 0 Å². The standard InChI is InChI=1S/C22H22N2O5/c1-24(14-16-6-4-7-18(27-2)20(16)28-3)22(26)15-9-11-17(12-10-15)23-21(25)19-8-5-13-29-19/h4-13H,14H2,1-3H3,(H,23,25). The molecule has 0 aliphatic heterocycles. The van der Waals surface area contributed by atoms with Crippen LogP contribution in [0.15, 0.2) is 65.3 Å². The highest BCUT2D eigenvalue weighted by Gasteiger charge is 2.17. The van der Waals surface area contributed by atoms with Crippen LogP contribution in [0.1, 0.15) is 26.5 Å². The van der Waals surface area contributed by atoms with Crippen LogP contribution in [0.2, 0.25) is 0 Å². The summed E-state index contributed by atoms with van der Waals surface area (Å²) in [5.41, 5.74) is 1.91. The van der Waals surface area contributed by atoms with E-state index in [-0.39, 0.29) is 17.6 Å². The maximum absolute atomic E-state index is 12.8. The first-order valence-corrected chi connectivity index (χ1v) is 8.93. The fourth-order valence-electron chi connectivity index (χ4n) is 2.92. The van der Waals surface area contributed by atoms with Crippen molar-refractivity contribution < 1.29 is 23.5 Å². The molecule has 0 unspecified atom stereocenters. The number of nitrogens with one attached hydrogen (secondary N) is 1. The minimum atomic E-state index is -0.351. The number of para-hydroxylation sites is 1. The fraction of sp³-hybridized carbons (Fsp3) is 0.182. The molecule has 2 amide bonds. The molecule has 0 saturated heterocycles. The third kappa shape index (κ3) is 4.57. The van der Waals surface area contributed by atoms with Crippen LogP contribution in [0.5, 0.6) is 11.5 Å². The van der Waals surface area contributed by atoms with E-state index in [0.717, 1.165) is 5.56 Å². The van der Waals surface area contributed by atoms with Crippen molar-refractivity contribution in [2.75, 3.05) is 26.6 Å². The predicted octanol–water partition coefficient (Wildman–Crippen LogP) is 3.82. The fourth-order valence-corrected chi connectivity index (χ4v) is 2.92. The second-order valence-corrected chi connectivity index (χ2v) is 6.32. The van der Waals surface area contributed by atoms with Crippen molar-refractivity contribution in [3.63, 3.8) is 0 Å². The molecule has 3 rings (SSSR count). The Balaban J connectivity index is 1.68. The number of carbonyl (C=O) groups is 2. The molecule has 0 bridgehead atoms. The first kappa shape index (κ1) is 20.0. The average Bonchev–Trinajstić information content (AvgIpc) is 3.28. The van der Waals surface area contributed by atoms with Crippen LogP contribution in [-0.4, -0.2) is 38.0 Å². The van der Waals surface area contributed by atoms with E-state index in [4.69, 9.17) is 13.9 Å². The van der Waals surface area contributed by atoms with Gasteiger partial charge in [-0.1, -0.05) is 12.1 Å². The molecule has 2 aromatic carbocycles. The molecule has 0 radical (unpaired) electrons. The number of rotatable bonds is 7. The van der Waals surface area contributed by atoms with Crippen LogP contribution in [-0.2, 0) is 6.54 Å². The van der Waals surface area contributed by atoms with E-state index in [1.54, 1.807) is 68.6 Å². The molecule has 0 fully saturated rings. The van der Waals surface area contributed by atoms with Gasteiger partial charge in [-0.25, -0.2) is 0 Å². The van der Waals surface area contributed by atoms with Crippen molar-refractivity contribution in [2.24, 2.45) is 0 Å². The molecule has 29 heavy (non-hydrogen) atoms. The van der Waals surface area contributed by atoms with Crippen molar-refractivity contribution >= 4 is 17.5 Å². The number of furan rings is 1. The summed E-state index contributed by atoms with van der Waals surface area (Å²) in [6.45, 7) is 0.357. The topological polar surface area (TPSA) is 81.0 Å². The van der Waals surface area contributed by atoms with Gasteiger partial charge >= 0.3 is 0 Å². The molecule has 0 atom stereocenters. The van der Waals surface area contributed by atoms with Crippen molar-refractivity contribution in [3.8, 4) is 11.5 Å². The predicted molar refractivity (Wildman–Crippen MR) is 108 cm³/mol. The zero-order valence-corrected chi connectivity index (χ0v) is 16.5. The van der Waals surface area contributed by atoms with Crippen LogP contribution in [0.3, 0.4) is 0 Å². The van der Waals surface area contributed by atoms with Crippen LogP contribution >= 0.6 is 0 Å². The Morgan fingerprint density at radius 3 is 2.38 bits per heavy atom. The highest BCUT2D eigenvalue weighted by molar-refractivity contribution is 6.02. The number of amides is 2. The Hall–Kier alpha value is -3.74. The Labute approximate surface area is 168 Å². The molecule has 1 aromatic heterocycles. The lowest BCUT2D eigenvalue weighted by molar-refractivity contribution is 0.0784. The van der Waals surface area contributed by atoms with E-state index < -0.39 is 0 Å². The summed E-state index contributed by atoms with van der Waals surface area (Å²) in [7, 11) is 4.86. The molecule has 1 heterocycles. The van der Waals surface area contributed by atoms with Gasteiger partial charge in [0.2, 0.25) is 0 Å². The first-order chi connectivity index (χ1) is 14.0. The van der Waals surface area contributed by atoms with Gasteiger partial charge in [-0.2, -0.15) is 0 Å². The molecule has 0 aliphatic rings. The number of nitrogens with zero attached hydrogens (tertiary/aromatic N) is 1. The van der Waals surface area contributed by atoms with Crippen molar-refractivity contribution in [1.29, 1.82) is 0 Å². The van der Waals surface area contributed by atoms with Crippen LogP contribution < -0.4 is 14.8 Å². The van der Waals surface area contributed by atoms with Crippen LogP contribution in [0.4, 0.5) is 5.69 Å². The van der Waals surface area contributed by atoms with Crippen LogP contribution in [0.25, 0.3) is 0 Å². The van der Waals surface area contributed by atoms with Gasteiger partial charge in [0, 0.05) is 30.4 Å². The highest BCUT2D eigenvalue weighted by atomic mass is 16.5. The van der Waals surface area contributed by atoms with Gasteiger partial charge in [-0.3, -0.25) is 9.59 Å². The Morgan fingerprint density at radius 2 is 1.76 bits per heavy atom. The number of carbonyl (C=O) groups excluding carboxylic acids is 2. The molecule has 7 nitrogen and oxygen atoms in total. The summed E-state index contributed by atoms with van der Waals surface area (Å²) in [4.78, 5) is 26.4. The van der Waals surface area contributed by atoms with Gasteiger partial charge in [0.1, 0.15) is 0 Å². The summed E-state index contributed by atoms with van der Waals surface area (Å²) < 4.78 is 15.8. The second kappa shape index (κ2) is 8.97. The van der Waals surface area contributed by atoms with E-state index in [9.17, 15) is 9.59 Å². The number of methoxy groups -OCH3 is 2. The number of anilines is 1. The van der Waals surface area contributed by atoms with Gasteiger partial charge in [0.05, 0.1) is 20.5 Å². The molecular weight excluding hydrogens is 372 g/mol. The van der Waals surface area contributed by atoms with Crippen LogP contribution in [0, 0.1) is 0 Å². The first-order valence-electron chi connectivity index (χ1n) is 8.93. The third-order valence-electron chi connectivity index (χ3n) is 4.37. The summed E-state index contributed by atoms with van der Waals surface area (Å²) in [5, 5.41) is 2.72. The van der Waals surface area contributed by atoms with Gasteiger partial charge in [0.25, 0.3) is 11.8 Å². The van der Waals surface area contributed by atoms with Crippen molar-refractivity contribution in [2.45, 2.75) is 6.54 Å². The second-order valence-electron chi connectivity index (χ2n) is 6.32. The molecule has 0 saturated carbocycles. The minimum absolute atomic E-state index is 0.154. The van der Waals surface area contributed by atoms with E-state index in [0.29, 0.717) is 29.3 Å². The number of hydrogen-bond acceptors (Lipinski definition) is 5. The van der Waals surface area contributed by atoms with Gasteiger partial charge < -0.3 is 24.1 Å². The lowest BCUT2D eigenvalue weighted by Crippen LogP contribution is -2.26. The molecule has 150 valence electrons. The maximum Gasteiger partial charge on any atom is 0.291 e. The lowest BCUT2D eigenvalue weighted by Gasteiger charge is -2.20. The number of benzene rings is 2. The van der Waals surface area contributed by atoms with Gasteiger partial charge in [0.15, 0.2) is 17.3 Å². The maximum atomic E-state index is 12.8. The molecule has 7 heteroatoms.